The van der Waals surface area contributed by atoms with Gasteiger partial charge in [-0.05, 0) is 88.6 Å². The molecule has 3 amide bonds. The smallest absolute Gasteiger partial charge is 0.253 e. The third-order valence-electron chi connectivity index (χ3n) is 10.5. The number of aliphatic hydroxyl groups excluding tert-OH is 1. The second kappa shape index (κ2) is 17.2. The molecule has 3 heterocycles. The quantitative estimate of drug-likeness (QED) is 0.107. The highest BCUT2D eigenvalue weighted by atomic mass is 79.9. The molecule has 1 N–H and O–H groups in total. The molecular weight excluding hydrogens is 712 g/mol. The number of anilines is 3. The normalized spacial score (nSPS) is 24.7. The van der Waals surface area contributed by atoms with Gasteiger partial charge in [0, 0.05) is 61.2 Å². The van der Waals surface area contributed by atoms with Crippen molar-refractivity contribution >= 4 is 50.7 Å². The van der Waals surface area contributed by atoms with Gasteiger partial charge in [-0.15, -0.1) is 13.2 Å². The van der Waals surface area contributed by atoms with E-state index in [1.807, 2.05) is 55.5 Å². The molecule has 3 aliphatic rings. The summed E-state index contributed by atoms with van der Waals surface area (Å²) in [6.45, 7) is 17.2. The molecule has 276 valence electrons. The molecule has 0 saturated carbocycles. The highest BCUT2D eigenvalue weighted by Gasteiger charge is 2.77. The first-order valence-corrected chi connectivity index (χ1v) is 19.3. The number of aliphatic hydroxyl groups is 1. The molecule has 3 aliphatic heterocycles. The number of halogens is 1. The molecular formula is C40H53BrN4O6. The van der Waals surface area contributed by atoms with Crippen LogP contribution in [0, 0.1) is 11.8 Å². The van der Waals surface area contributed by atoms with E-state index in [1.165, 1.54) is 0 Å². The zero-order valence-corrected chi connectivity index (χ0v) is 31.8. The molecule has 0 radical (unpaired) electrons. The molecule has 5 rings (SSSR count). The van der Waals surface area contributed by atoms with Crippen molar-refractivity contribution in [2.75, 3.05) is 60.6 Å². The van der Waals surface area contributed by atoms with E-state index in [9.17, 15) is 14.7 Å². The predicted molar refractivity (Wildman–Crippen MR) is 206 cm³/mol. The Morgan fingerprint density at radius 1 is 0.922 bits per heavy atom. The maximum atomic E-state index is 15.0. The molecule has 0 aliphatic carbocycles. The number of hydrogen-bond acceptors (Lipinski definition) is 7. The monoisotopic (exact) mass is 764 g/mol. The fourth-order valence-electron chi connectivity index (χ4n) is 8.23. The summed E-state index contributed by atoms with van der Waals surface area (Å²) >= 11 is 3.82. The van der Waals surface area contributed by atoms with Gasteiger partial charge in [0.15, 0.2) is 0 Å². The summed E-state index contributed by atoms with van der Waals surface area (Å²) in [5.74, 6) is -1.65. The molecule has 1 spiro atoms. The lowest BCUT2D eigenvalue weighted by atomic mass is 9.70. The van der Waals surface area contributed by atoms with E-state index in [4.69, 9.17) is 9.47 Å². The number of rotatable bonds is 19. The topological polar surface area (TPSA) is 103 Å². The highest BCUT2D eigenvalue weighted by Crippen LogP contribution is 2.60. The Balaban J connectivity index is 1.53. The number of likely N-dealkylation sites (tertiary alicyclic amines) is 1. The largest absolute Gasteiger partial charge is 0.494 e. The van der Waals surface area contributed by atoms with E-state index in [1.54, 1.807) is 26.9 Å². The van der Waals surface area contributed by atoms with Gasteiger partial charge in [-0.3, -0.25) is 14.4 Å². The van der Waals surface area contributed by atoms with Crippen LogP contribution in [-0.4, -0.2) is 96.2 Å². The van der Waals surface area contributed by atoms with Crippen molar-refractivity contribution in [3.05, 3.63) is 73.8 Å². The van der Waals surface area contributed by atoms with Crippen LogP contribution in [0.4, 0.5) is 17.1 Å². The van der Waals surface area contributed by atoms with Crippen LogP contribution in [0.25, 0.3) is 0 Å². The van der Waals surface area contributed by atoms with Crippen LogP contribution in [0.5, 0.6) is 5.75 Å². The van der Waals surface area contributed by atoms with Crippen LogP contribution in [0.15, 0.2) is 73.8 Å². The van der Waals surface area contributed by atoms with Gasteiger partial charge in [-0.2, -0.15) is 0 Å². The number of hydrogen-bond donors (Lipinski definition) is 1. The van der Waals surface area contributed by atoms with Crippen LogP contribution in [0.2, 0.25) is 0 Å². The lowest BCUT2D eigenvalue weighted by Crippen LogP contribution is -2.57. The van der Waals surface area contributed by atoms with E-state index in [2.05, 4.69) is 47.8 Å². The summed E-state index contributed by atoms with van der Waals surface area (Å²) in [4.78, 5) is 51.5. The number of nitrogens with zero attached hydrogens (tertiary/aromatic N) is 4. The summed E-state index contributed by atoms with van der Waals surface area (Å²) in [6.07, 6.45) is 6.14. The second-order valence-corrected chi connectivity index (χ2v) is 14.6. The average Bonchev–Trinajstić information content (AvgIpc) is 3.73. The van der Waals surface area contributed by atoms with Crippen LogP contribution in [0.3, 0.4) is 0 Å². The highest BCUT2D eigenvalue weighted by molar-refractivity contribution is 9.09. The summed E-state index contributed by atoms with van der Waals surface area (Å²) in [5, 5.41) is 9.32. The third-order valence-corrected chi connectivity index (χ3v) is 11.4. The Morgan fingerprint density at radius 2 is 1.49 bits per heavy atom. The van der Waals surface area contributed by atoms with Crippen molar-refractivity contribution in [2.45, 2.75) is 75.4 Å². The average molecular weight is 766 g/mol. The number of alkyl halides is 1. The molecule has 51 heavy (non-hydrogen) atoms. The third kappa shape index (κ3) is 7.48. The molecule has 10 nitrogen and oxygen atoms in total. The van der Waals surface area contributed by atoms with Gasteiger partial charge in [0.2, 0.25) is 11.8 Å². The first kappa shape index (κ1) is 38.6. The van der Waals surface area contributed by atoms with Crippen LogP contribution < -0.4 is 19.4 Å². The summed E-state index contributed by atoms with van der Waals surface area (Å²) in [7, 11) is 0. The number of amides is 3. The van der Waals surface area contributed by atoms with Crippen molar-refractivity contribution in [2.24, 2.45) is 11.8 Å². The number of carbonyl (C=O) groups is 3. The van der Waals surface area contributed by atoms with Gasteiger partial charge in [-0.25, -0.2) is 0 Å². The minimum Gasteiger partial charge on any atom is -0.494 e. The molecule has 2 bridgehead atoms. The van der Waals surface area contributed by atoms with Crippen LogP contribution in [0.1, 0.15) is 52.9 Å². The van der Waals surface area contributed by atoms with Gasteiger partial charge in [0.1, 0.15) is 17.4 Å². The van der Waals surface area contributed by atoms with Crippen LogP contribution >= 0.6 is 15.9 Å². The van der Waals surface area contributed by atoms with Crippen molar-refractivity contribution in [3.8, 4) is 5.75 Å². The van der Waals surface area contributed by atoms with Crippen LogP contribution in [-0.2, 0) is 19.1 Å². The SMILES string of the molecule is C=CCN(C(=O)C1N(CCCCCCO)C(=O)[C@@H]2[C@H](C(=O)N(CC=C)c3ccc(OCC)cc3)[C@H]3OC12CC3Br)c1ccc(N(CC)CC)cc1. The van der Waals surface area contributed by atoms with Crippen molar-refractivity contribution < 1.29 is 29.0 Å². The Kier molecular flexibility index (Phi) is 13.0. The lowest BCUT2D eigenvalue weighted by molar-refractivity contribution is -0.140. The van der Waals surface area contributed by atoms with E-state index >= 15 is 4.79 Å². The number of fused-ring (bicyclic) bond motifs is 1. The Hall–Kier alpha value is -3.67. The Bertz CT molecular complexity index is 1530. The number of benzene rings is 2. The second-order valence-electron chi connectivity index (χ2n) is 13.4. The van der Waals surface area contributed by atoms with Gasteiger partial charge in [0.25, 0.3) is 5.91 Å². The number of carbonyl (C=O) groups excluding carboxylic acids is 3. The molecule has 3 saturated heterocycles. The minimum absolute atomic E-state index is 0.111. The molecule has 6 atom stereocenters. The number of unbranched alkanes of at least 4 members (excludes halogenated alkanes) is 3. The van der Waals surface area contributed by atoms with E-state index in [0.29, 0.717) is 49.5 Å². The summed E-state index contributed by atoms with van der Waals surface area (Å²) < 4.78 is 12.5. The first-order chi connectivity index (χ1) is 24.7. The molecule has 0 aromatic heterocycles. The number of ether oxygens (including phenoxy) is 2. The Morgan fingerprint density at radius 3 is 2.06 bits per heavy atom. The maximum absolute atomic E-state index is 15.0. The van der Waals surface area contributed by atoms with Crippen molar-refractivity contribution in [1.82, 2.24) is 4.90 Å². The van der Waals surface area contributed by atoms with E-state index < -0.39 is 29.6 Å². The van der Waals surface area contributed by atoms with Gasteiger partial charge < -0.3 is 34.2 Å². The molecule has 2 aromatic carbocycles. The summed E-state index contributed by atoms with van der Waals surface area (Å²) in [6, 6.07) is 14.3. The molecule has 3 unspecified atom stereocenters. The van der Waals surface area contributed by atoms with E-state index in [-0.39, 0.29) is 42.2 Å². The standard InChI is InChI=1S/C40H53BrN4O6/c1-6-23-43(30-19-21-31(22-20-30)50-10-5)37(47)33-34-38(48)45(25-13-11-12-14-26-46)36(40(34)27-32(41)35(33)51-40)39(49)44(24-7-2)29-17-15-28(16-18-29)42(8-3)9-4/h6-7,15-22,32-36,46H,1-2,8-14,23-27H2,3-5H3/t32?,33-,34-,35-,36?,40?/m0/s1. The fourth-order valence-corrected chi connectivity index (χ4v) is 9.17. The Labute approximate surface area is 311 Å². The molecule has 2 aromatic rings. The zero-order valence-electron chi connectivity index (χ0n) is 30.2. The zero-order chi connectivity index (χ0) is 36.7. The van der Waals surface area contributed by atoms with Gasteiger partial charge >= 0.3 is 0 Å². The molecule has 11 heteroatoms. The summed E-state index contributed by atoms with van der Waals surface area (Å²) in [5.41, 5.74) is 1.23. The minimum atomic E-state index is -1.20. The first-order valence-electron chi connectivity index (χ1n) is 18.4. The van der Waals surface area contributed by atoms with E-state index in [0.717, 1.165) is 31.6 Å². The van der Waals surface area contributed by atoms with Crippen molar-refractivity contribution in [1.29, 1.82) is 0 Å². The fraction of sp³-hybridized carbons (Fsp3) is 0.525. The molecule has 3 fully saturated rings. The maximum Gasteiger partial charge on any atom is 0.253 e. The van der Waals surface area contributed by atoms with Crippen molar-refractivity contribution in [3.63, 3.8) is 0 Å². The van der Waals surface area contributed by atoms with Gasteiger partial charge in [0.05, 0.1) is 24.5 Å². The predicted octanol–water partition coefficient (Wildman–Crippen LogP) is 5.97. The lowest BCUT2D eigenvalue weighted by Gasteiger charge is -2.37. The van der Waals surface area contributed by atoms with Gasteiger partial charge in [-0.1, -0.05) is 40.9 Å².